The van der Waals surface area contributed by atoms with Crippen LogP contribution in [0.2, 0.25) is 0 Å². The van der Waals surface area contributed by atoms with Gasteiger partial charge in [0.2, 0.25) is 5.91 Å². The molecule has 0 spiro atoms. The zero-order valence-corrected chi connectivity index (χ0v) is 11.0. The van der Waals surface area contributed by atoms with Gasteiger partial charge in [0.05, 0.1) is 7.11 Å². The number of benzene rings is 1. The van der Waals surface area contributed by atoms with Crippen LogP contribution in [0.4, 0.5) is 5.69 Å². The normalized spacial score (nSPS) is 9.29. The molecule has 17 heavy (non-hydrogen) atoms. The molecule has 4 nitrogen and oxygen atoms in total. The molecule has 0 bridgehead atoms. The predicted molar refractivity (Wildman–Crippen MR) is 72.0 cm³/mol. The van der Waals surface area contributed by atoms with Crippen LogP contribution in [0.5, 0.6) is 5.75 Å². The van der Waals surface area contributed by atoms with Crippen LogP contribution in [0.15, 0.2) is 24.3 Å². The lowest BCUT2D eigenvalue weighted by Gasteiger charge is -2.06. The maximum absolute atomic E-state index is 11.5. The van der Waals surface area contributed by atoms with Crippen molar-refractivity contribution in [1.82, 2.24) is 5.32 Å². The van der Waals surface area contributed by atoms with E-state index >= 15 is 0 Å². The van der Waals surface area contributed by atoms with Crippen LogP contribution in [0, 0.1) is 0 Å². The van der Waals surface area contributed by atoms with Crippen molar-refractivity contribution in [1.29, 1.82) is 0 Å². The van der Waals surface area contributed by atoms with Crippen LogP contribution in [-0.2, 0) is 4.79 Å². The second-order valence-corrected chi connectivity index (χ2v) is 3.49. The van der Waals surface area contributed by atoms with Gasteiger partial charge in [-0.2, -0.15) is 0 Å². The van der Waals surface area contributed by atoms with Gasteiger partial charge in [-0.15, -0.1) is 12.4 Å². The number of methoxy groups -OCH3 is 1. The molecule has 0 unspecified atom stereocenters. The summed E-state index contributed by atoms with van der Waals surface area (Å²) in [7, 11) is 3.48. The quantitative estimate of drug-likeness (QED) is 0.768. The molecule has 0 aromatic heterocycles. The Hall–Kier alpha value is -1.26. The number of nitrogens with one attached hydrogen (secondary N) is 2. The molecule has 5 heteroatoms. The topological polar surface area (TPSA) is 50.4 Å². The molecule has 1 amide bonds. The van der Waals surface area contributed by atoms with Crippen molar-refractivity contribution < 1.29 is 9.53 Å². The summed E-state index contributed by atoms with van der Waals surface area (Å²) in [5, 5.41) is 5.83. The van der Waals surface area contributed by atoms with Gasteiger partial charge < -0.3 is 15.4 Å². The van der Waals surface area contributed by atoms with E-state index in [9.17, 15) is 4.79 Å². The fourth-order valence-corrected chi connectivity index (χ4v) is 1.35. The fraction of sp³-hybridized carbons (Fsp3) is 0.417. The van der Waals surface area contributed by atoms with Crippen LogP contribution in [0.3, 0.4) is 0 Å². The van der Waals surface area contributed by atoms with Gasteiger partial charge in [0.1, 0.15) is 5.75 Å². The largest absolute Gasteiger partial charge is 0.497 e. The molecule has 2 N–H and O–H groups in total. The molecule has 1 aromatic carbocycles. The van der Waals surface area contributed by atoms with Crippen LogP contribution >= 0.6 is 12.4 Å². The molecular weight excluding hydrogens is 240 g/mol. The Morgan fingerprint density at radius 2 is 2.18 bits per heavy atom. The summed E-state index contributed by atoms with van der Waals surface area (Å²) in [5.41, 5.74) is 0.772. The van der Waals surface area contributed by atoms with E-state index in [-0.39, 0.29) is 18.3 Å². The second-order valence-electron chi connectivity index (χ2n) is 3.49. The van der Waals surface area contributed by atoms with E-state index in [1.54, 1.807) is 13.2 Å². The first kappa shape index (κ1) is 15.7. The molecule has 0 aliphatic carbocycles. The molecule has 0 atom stereocenters. The van der Waals surface area contributed by atoms with Gasteiger partial charge >= 0.3 is 0 Å². The predicted octanol–water partition coefficient (Wildman–Crippen LogP) is 2.06. The van der Waals surface area contributed by atoms with Crippen molar-refractivity contribution in [2.24, 2.45) is 0 Å². The van der Waals surface area contributed by atoms with Crippen LogP contribution < -0.4 is 15.4 Å². The molecule has 0 saturated carbocycles. The smallest absolute Gasteiger partial charge is 0.224 e. The Bertz CT molecular complexity index is 345. The third-order valence-corrected chi connectivity index (χ3v) is 2.18. The number of carbonyl (C=O) groups excluding carboxylic acids is 1. The average molecular weight is 259 g/mol. The lowest BCUT2D eigenvalue weighted by molar-refractivity contribution is -0.116. The third kappa shape index (κ3) is 6.14. The molecule has 0 fully saturated rings. The van der Waals surface area contributed by atoms with E-state index in [4.69, 9.17) is 4.74 Å². The maximum Gasteiger partial charge on any atom is 0.224 e. The fourth-order valence-electron chi connectivity index (χ4n) is 1.35. The lowest BCUT2D eigenvalue weighted by atomic mass is 10.2. The van der Waals surface area contributed by atoms with Gasteiger partial charge in [0.15, 0.2) is 0 Å². The minimum Gasteiger partial charge on any atom is -0.497 e. The molecule has 0 aliphatic heterocycles. The van der Waals surface area contributed by atoms with Gasteiger partial charge in [-0.25, -0.2) is 0 Å². The standard InChI is InChI=1S/C12H18N2O2.ClH/c1-13-8-4-7-12(15)14-10-5-3-6-11(9-10)16-2;/h3,5-6,9,13H,4,7-8H2,1-2H3,(H,14,15);1H. The summed E-state index contributed by atoms with van der Waals surface area (Å²) < 4.78 is 5.07. The first-order valence-corrected chi connectivity index (χ1v) is 5.34. The summed E-state index contributed by atoms with van der Waals surface area (Å²) in [6.45, 7) is 0.853. The highest BCUT2D eigenvalue weighted by atomic mass is 35.5. The average Bonchev–Trinajstić information content (AvgIpc) is 2.29. The Labute approximate surface area is 108 Å². The summed E-state index contributed by atoms with van der Waals surface area (Å²) in [6, 6.07) is 7.34. The van der Waals surface area contributed by atoms with E-state index in [1.807, 2.05) is 25.2 Å². The maximum atomic E-state index is 11.5. The summed E-state index contributed by atoms with van der Waals surface area (Å²) in [4.78, 5) is 11.5. The van der Waals surface area contributed by atoms with Crippen LogP contribution in [-0.4, -0.2) is 26.6 Å². The van der Waals surface area contributed by atoms with Gasteiger partial charge in [0.25, 0.3) is 0 Å². The Morgan fingerprint density at radius 3 is 2.82 bits per heavy atom. The Balaban J connectivity index is 0.00000256. The molecule has 0 radical (unpaired) electrons. The molecule has 1 aromatic rings. The van der Waals surface area contributed by atoms with Crippen molar-refractivity contribution in [3.05, 3.63) is 24.3 Å². The van der Waals surface area contributed by atoms with E-state index < -0.39 is 0 Å². The Kier molecular flexibility index (Phi) is 8.19. The van der Waals surface area contributed by atoms with Gasteiger partial charge in [-0.1, -0.05) is 6.07 Å². The molecule has 96 valence electrons. The van der Waals surface area contributed by atoms with E-state index in [0.717, 1.165) is 24.4 Å². The van der Waals surface area contributed by atoms with E-state index in [1.165, 1.54) is 0 Å². The van der Waals surface area contributed by atoms with E-state index in [2.05, 4.69) is 10.6 Å². The van der Waals surface area contributed by atoms with Crippen molar-refractivity contribution >= 4 is 24.0 Å². The van der Waals surface area contributed by atoms with Gasteiger partial charge in [-0.05, 0) is 32.1 Å². The van der Waals surface area contributed by atoms with Crippen LogP contribution in [0.1, 0.15) is 12.8 Å². The number of amides is 1. The molecule has 0 heterocycles. The van der Waals surface area contributed by atoms with Gasteiger partial charge in [-0.3, -0.25) is 4.79 Å². The molecule has 0 saturated heterocycles. The van der Waals surface area contributed by atoms with Crippen LogP contribution in [0.25, 0.3) is 0 Å². The van der Waals surface area contributed by atoms with Crippen molar-refractivity contribution in [2.75, 3.05) is 26.0 Å². The second kappa shape index (κ2) is 8.84. The Morgan fingerprint density at radius 1 is 1.41 bits per heavy atom. The highest BCUT2D eigenvalue weighted by Gasteiger charge is 2.02. The number of hydrogen-bond donors (Lipinski definition) is 2. The summed E-state index contributed by atoms with van der Waals surface area (Å²) in [5.74, 6) is 0.775. The monoisotopic (exact) mass is 258 g/mol. The van der Waals surface area contributed by atoms with E-state index in [0.29, 0.717) is 6.42 Å². The number of halogens is 1. The SMILES string of the molecule is CNCCCC(=O)Nc1cccc(OC)c1.Cl. The summed E-state index contributed by atoms with van der Waals surface area (Å²) >= 11 is 0. The summed E-state index contributed by atoms with van der Waals surface area (Å²) in [6.07, 6.45) is 1.37. The molecular formula is C12H19ClN2O2. The number of ether oxygens (including phenoxy) is 1. The first-order valence-electron chi connectivity index (χ1n) is 5.34. The van der Waals surface area contributed by atoms with Crippen molar-refractivity contribution in [3.8, 4) is 5.75 Å². The zero-order chi connectivity index (χ0) is 11.8. The highest BCUT2D eigenvalue weighted by Crippen LogP contribution is 2.16. The number of hydrogen-bond acceptors (Lipinski definition) is 3. The highest BCUT2D eigenvalue weighted by molar-refractivity contribution is 5.90. The number of carbonyl (C=O) groups is 1. The van der Waals surface area contributed by atoms with Crippen molar-refractivity contribution in [3.63, 3.8) is 0 Å². The third-order valence-electron chi connectivity index (χ3n) is 2.18. The molecule has 0 aliphatic rings. The first-order chi connectivity index (χ1) is 7.76. The van der Waals surface area contributed by atoms with Gasteiger partial charge in [0, 0.05) is 18.2 Å². The minimum absolute atomic E-state index is 0. The van der Waals surface area contributed by atoms with Crippen molar-refractivity contribution in [2.45, 2.75) is 12.8 Å². The number of anilines is 1. The molecule has 1 rings (SSSR count). The lowest BCUT2D eigenvalue weighted by Crippen LogP contribution is -2.15. The minimum atomic E-state index is 0. The zero-order valence-electron chi connectivity index (χ0n) is 10.2. The number of rotatable bonds is 6.